The fourth-order valence-electron chi connectivity index (χ4n) is 1.29. The second kappa shape index (κ2) is 5.26. The molecule has 1 atom stereocenters. The van der Waals surface area contributed by atoms with Crippen LogP contribution >= 0.6 is 0 Å². The largest absolute Gasteiger partial charge is 0.479 e. The summed E-state index contributed by atoms with van der Waals surface area (Å²) in [5, 5.41) is 17.9. The molecule has 0 aliphatic carbocycles. The summed E-state index contributed by atoms with van der Waals surface area (Å²) in [6.07, 6.45) is 0.262. The number of carbonyl (C=O) groups excluding carboxylic acids is 1. The molecular formula is C11H12O4. The Hall–Kier alpha value is -1.68. The van der Waals surface area contributed by atoms with Gasteiger partial charge in [0.05, 0.1) is 0 Å². The molecule has 0 saturated heterocycles. The molecule has 4 nitrogen and oxygen atoms in total. The van der Waals surface area contributed by atoms with Crippen molar-refractivity contribution in [3.05, 3.63) is 35.4 Å². The molecule has 0 saturated carbocycles. The number of aryl methyl sites for hydroxylation is 1. The third kappa shape index (κ3) is 3.18. The maximum Gasteiger partial charge on any atom is 0.337 e. The molecule has 0 spiro atoms. The maximum absolute atomic E-state index is 10.5. The molecule has 0 aliphatic heterocycles. The molecule has 0 fully saturated rings. The minimum atomic E-state index is -1.50. The van der Waals surface area contributed by atoms with E-state index in [2.05, 4.69) is 0 Å². The molecule has 2 N–H and O–H groups in total. The molecule has 4 heteroatoms. The van der Waals surface area contributed by atoms with Gasteiger partial charge in [0.2, 0.25) is 0 Å². The summed E-state index contributed by atoms with van der Waals surface area (Å²) >= 11 is 0. The Morgan fingerprint density at radius 2 is 2.20 bits per heavy atom. The number of aliphatic hydroxyl groups is 1. The van der Waals surface area contributed by atoms with Gasteiger partial charge < -0.3 is 15.0 Å². The number of aldehydes is 1. The first-order valence-electron chi connectivity index (χ1n) is 4.58. The molecule has 0 heterocycles. The van der Waals surface area contributed by atoms with Crippen molar-refractivity contribution in [3.8, 4) is 0 Å². The molecular weight excluding hydrogens is 196 g/mol. The third-order valence-electron chi connectivity index (χ3n) is 2.05. The minimum Gasteiger partial charge on any atom is -0.479 e. The lowest BCUT2D eigenvalue weighted by atomic mass is 10.0. The lowest BCUT2D eigenvalue weighted by Gasteiger charge is -2.07. The summed E-state index contributed by atoms with van der Waals surface area (Å²) in [4.78, 5) is 20.7. The van der Waals surface area contributed by atoms with Crippen molar-refractivity contribution in [1.82, 2.24) is 0 Å². The second-order valence-corrected chi connectivity index (χ2v) is 3.19. The number of rotatable bonds is 5. The number of carboxylic acids is 1. The summed E-state index contributed by atoms with van der Waals surface area (Å²) in [7, 11) is 0. The van der Waals surface area contributed by atoms with E-state index >= 15 is 0 Å². The number of carboxylic acid groups (broad SMARTS) is 1. The van der Waals surface area contributed by atoms with Crippen LogP contribution in [-0.2, 0) is 16.0 Å². The van der Waals surface area contributed by atoms with Gasteiger partial charge >= 0.3 is 5.97 Å². The molecule has 0 radical (unpaired) electrons. The van der Waals surface area contributed by atoms with Gasteiger partial charge in [0.15, 0.2) is 6.10 Å². The number of aliphatic carboxylic acids is 1. The van der Waals surface area contributed by atoms with E-state index in [9.17, 15) is 14.7 Å². The summed E-state index contributed by atoms with van der Waals surface area (Å²) in [5.41, 5.74) is 1.19. The van der Waals surface area contributed by atoms with Crippen molar-refractivity contribution < 1.29 is 19.8 Å². The van der Waals surface area contributed by atoms with Crippen molar-refractivity contribution >= 4 is 12.3 Å². The maximum atomic E-state index is 10.5. The predicted molar refractivity (Wildman–Crippen MR) is 53.4 cm³/mol. The van der Waals surface area contributed by atoms with E-state index in [1.54, 1.807) is 24.3 Å². The zero-order valence-corrected chi connectivity index (χ0v) is 8.09. The lowest BCUT2D eigenvalue weighted by molar-refractivity contribution is -0.146. The molecule has 80 valence electrons. The van der Waals surface area contributed by atoms with Crippen LogP contribution in [0.15, 0.2) is 24.3 Å². The molecule has 0 bridgehead atoms. The highest BCUT2D eigenvalue weighted by Gasteiger charge is 2.15. The van der Waals surface area contributed by atoms with E-state index in [1.807, 2.05) is 0 Å². The van der Waals surface area contributed by atoms with Crippen LogP contribution in [0.1, 0.15) is 23.7 Å². The van der Waals surface area contributed by atoms with Crippen LogP contribution in [0.3, 0.4) is 0 Å². The van der Waals surface area contributed by atoms with E-state index in [4.69, 9.17) is 5.11 Å². The fraction of sp³-hybridized carbons (Fsp3) is 0.273. The average Bonchev–Trinajstić information content (AvgIpc) is 2.25. The van der Waals surface area contributed by atoms with Crippen molar-refractivity contribution in [3.63, 3.8) is 0 Å². The van der Waals surface area contributed by atoms with Crippen LogP contribution in [0.2, 0.25) is 0 Å². The zero-order chi connectivity index (χ0) is 11.3. The highest BCUT2D eigenvalue weighted by atomic mass is 16.4. The van der Waals surface area contributed by atoms with E-state index < -0.39 is 12.1 Å². The number of carbonyl (C=O) groups is 2. The summed E-state index contributed by atoms with van der Waals surface area (Å²) in [5.74, 6) is -1.28. The van der Waals surface area contributed by atoms with Crippen LogP contribution in [0, 0.1) is 0 Å². The van der Waals surface area contributed by atoms with Gasteiger partial charge in [0.1, 0.15) is 6.29 Å². The van der Waals surface area contributed by atoms with Crippen molar-refractivity contribution in [1.29, 1.82) is 0 Å². The standard InChI is InChI=1S/C11H12O4/c12-6-2-4-8-3-1-5-9(7-8)10(13)11(14)15/h1,3,5-7,10,13H,2,4H2,(H,14,15). The normalized spacial score (nSPS) is 12.1. The van der Waals surface area contributed by atoms with Gasteiger partial charge in [-0.15, -0.1) is 0 Å². The van der Waals surface area contributed by atoms with Crippen LogP contribution < -0.4 is 0 Å². The van der Waals surface area contributed by atoms with Gasteiger partial charge in [-0.05, 0) is 17.5 Å². The molecule has 15 heavy (non-hydrogen) atoms. The molecule has 1 aromatic rings. The highest BCUT2D eigenvalue weighted by molar-refractivity contribution is 5.74. The Balaban J connectivity index is 2.82. The first-order chi connectivity index (χ1) is 7.15. The van der Waals surface area contributed by atoms with Crippen LogP contribution in [0.25, 0.3) is 0 Å². The Bertz CT molecular complexity index is 359. The molecule has 0 aliphatic rings. The smallest absolute Gasteiger partial charge is 0.337 e. The van der Waals surface area contributed by atoms with Gasteiger partial charge in [-0.2, -0.15) is 0 Å². The summed E-state index contributed by atoms with van der Waals surface area (Å²) in [6, 6.07) is 6.61. The molecule has 0 amide bonds. The Morgan fingerprint density at radius 1 is 1.47 bits per heavy atom. The Kier molecular flexibility index (Phi) is 4.00. The minimum absolute atomic E-state index is 0.339. The molecule has 1 aromatic carbocycles. The highest BCUT2D eigenvalue weighted by Crippen LogP contribution is 2.15. The monoisotopic (exact) mass is 208 g/mol. The third-order valence-corrected chi connectivity index (χ3v) is 2.05. The number of benzene rings is 1. The van der Waals surface area contributed by atoms with E-state index in [1.165, 1.54) is 0 Å². The predicted octanol–water partition coefficient (Wildman–Crippen LogP) is 0.936. The molecule has 1 unspecified atom stereocenters. The number of hydrogen-bond donors (Lipinski definition) is 2. The van der Waals surface area contributed by atoms with Gasteiger partial charge in [-0.25, -0.2) is 4.79 Å². The topological polar surface area (TPSA) is 74.6 Å². The number of aliphatic hydroxyl groups excluding tert-OH is 1. The Labute approximate surface area is 87.2 Å². The van der Waals surface area contributed by atoms with Crippen molar-refractivity contribution in [2.24, 2.45) is 0 Å². The summed E-state index contributed by atoms with van der Waals surface area (Å²) in [6.45, 7) is 0. The van der Waals surface area contributed by atoms with Crippen molar-refractivity contribution in [2.75, 3.05) is 0 Å². The van der Waals surface area contributed by atoms with Crippen LogP contribution in [-0.4, -0.2) is 22.5 Å². The lowest BCUT2D eigenvalue weighted by Crippen LogP contribution is -2.10. The van der Waals surface area contributed by atoms with E-state index in [-0.39, 0.29) is 0 Å². The quantitative estimate of drug-likeness (QED) is 0.706. The van der Waals surface area contributed by atoms with Crippen LogP contribution in [0.4, 0.5) is 0 Å². The Morgan fingerprint density at radius 3 is 2.80 bits per heavy atom. The van der Waals surface area contributed by atoms with E-state index in [0.717, 1.165) is 11.8 Å². The first kappa shape index (κ1) is 11.4. The number of hydrogen-bond acceptors (Lipinski definition) is 3. The summed E-state index contributed by atoms with van der Waals surface area (Å²) < 4.78 is 0. The van der Waals surface area contributed by atoms with Gasteiger partial charge in [-0.3, -0.25) is 0 Å². The second-order valence-electron chi connectivity index (χ2n) is 3.19. The average molecular weight is 208 g/mol. The van der Waals surface area contributed by atoms with E-state index in [0.29, 0.717) is 18.4 Å². The zero-order valence-electron chi connectivity index (χ0n) is 8.09. The first-order valence-corrected chi connectivity index (χ1v) is 4.58. The molecule has 1 rings (SSSR count). The molecule has 0 aromatic heterocycles. The van der Waals surface area contributed by atoms with Gasteiger partial charge in [-0.1, -0.05) is 24.3 Å². The van der Waals surface area contributed by atoms with Gasteiger partial charge in [0, 0.05) is 6.42 Å². The fourth-order valence-corrected chi connectivity index (χ4v) is 1.29. The van der Waals surface area contributed by atoms with Crippen LogP contribution in [0.5, 0.6) is 0 Å². The van der Waals surface area contributed by atoms with Gasteiger partial charge in [0.25, 0.3) is 0 Å². The SMILES string of the molecule is O=CCCc1cccc(C(O)C(=O)O)c1. The van der Waals surface area contributed by atoms with Crippen molar-refractivity contribution in [2.45, 2.75) is 18.9 Å².